The fourth-order valence-corrected chi connectivity index (χ4v) is 4.64. The number of halogens is 1. The SMILES string of the molecule is O=C1C(SCc2ccco2)=C(c2cccs2)C(=O)N1Cc1ccc(F)cc1. The molecule has 0 saturated heterocycles. The van der Waals surface area contributed by atoms with Gasteiger partial charge in [-0.05, 0) is 41.3 Å². The van der Waals surface area contributed by atoms with Crippen LogP contribution >= 0.6 is 23.1 Å². The quantitative estimate of drug-likeness (QED) is 0.564. The number of thiophene rings is 1. The van der Waals surface area contributed by atoms with Gasteiger partial charge in [0.05, 0.1) is 29.0 Å². The van der Waals surface area contributed by atoms with E-state index in [9.17, 15) is 14.0 Å². The molecule has 0 bridgehead atoms. The van der Waals surface area contributed by atoms with E-state index in [2.05, 4.69) is 0 Å². The van der Waals surface area contributed by atoms with Crippen LogP contribution in [0.1, 0.15) is 16.2 Å². The summed E-state index contributed by atoms with van der Waals surface area (Å²) >= 11 is 2.72. The molecule has 27 heavy (non-hydrogen) atoms. The number of carbonyl (C=O) groups is 2. The molecule has 4 rings (SSSR count). The van der Waals surface area contributed by atoms with Crippen molar-refractivity contribution in [3.8, 4) is 0 Å². The topological polar surface area (TPSA) is 50.5 Å². The molecule has 0 aliphatic carbocycles. The zero-order valence-corrected chi connectivity index (χ0v) is 15.7. The Morgan fingerprint density at radius 1 is 1.04 bits per heavy atom. The lowest BCUT2D eigenvalue weighted by molar-refractivity contribution is -0.137. The van der Waals surface area contributed by atoms with Crippen LogP contribution in [0, 0.1) is 5.82 Å². The Hall–Kier alpha value is -2.64. The number of hydrogen-bond acceptors (Lipinski definition) is 5. The first-order valence-electron chi connectivity index (χ1n) is 8.17. The maximum atomic E-state index is 13.1. The van der Waals surface area contributed by atoms with E-state index in [-0.39, 0.29) is 24.2 Å². The Bertz CT molecular complexity index is 993. The monoisotopic (exact) mass is 399 g/mol. The molecule has 2 aromatic heterocycles. The summed E-state index contributed by atoms with van der Waals surface area (Å²) in [5.74, 6) is 0.179. The van der Waals surface area contributed by atoms with Gasteiger partial charge in [-0.1, -0.05) is 18.2 Å². The Morgan fingerprint density at radius 3 is 2.52 bits per heavy atom. The fourth-order valence-electron chi connectivity index (χ4n) is 2.78. The van der Waals surface area contributed by atoms with Crippen molar-refractivity contribution in [2.24, 2.45) is 0 Å². The molecular weight excluding hydrogens is 385 g/mol. The van der Waals surface area contributed by atoms with Gasteiger partial charge in [0.2, 0.25) is 0 Å². The fraction of sp³-hybridized carbons (Fsp3) is 0.100. The van der Waals surface area contributed by atoms with Crippen LogP contribution in [0.3, 0.4) is 0 Å². The smallest absolute Gasteiger partial charge is 0.268 e. The summed E-state index contributed by atoms with van der Waals surface area (Å²) in [6.07, 6.45) is 1.58. The first-order valence-corrected chi connectivity index (χ1v) is 10.0. The summed E-state index contributed by atoms with van der Waals surface area (Å²) in [4.78, 5) is 28.4. The molecule has 1 aromatic carbocycles. The van der Waals surface area contributed by atoms with Crippen molar-refractivity contribution in [1.29, 1.82) is 0 Å². The highest BCUT2D eigenvalue weighted by molar-refractivity contribution is 8.03. The normalized spacial score (nSPS) is 14.5. The number of carbonyl (C=O) groups excluding carboxylic acids is 2. The molecule has 0 saturated carbocycles. The maximum Gasteiger partial charge on any atom is 0.268 e. The second-order valence-electron chi connectivity index (χ2n) is 5.87. The summed E-state index contributed by atoms with van der Waals surface area (Å²) in [5.41, 5.74) is 1.12. The van der Waals surface area contributed by atoms with Crippen LogP contribution in [-0.2, 0) is 21.9 Å². The van der Waals surface area contributed by atoms with Gasteiger partial charge >= 0.3 is 0 Å². The number of nitrogens with zero attached hydrogens (tertiary/aromatic N) is 1. The standard InChI is InChI=1S/C20H14FNO3S2/c21-14-7-5-13(6-8-14)11-22-19(23)17(16-4-2-10-26-16)18(20(22)24)27-12-15-3-1-9-25-15/h1-10H,11-12H2. The average Bonchev–Trinajstić information content (AvgIpc) is 3.40. The van der Waals surface area contributed by atoms with Crippen LogP contribution < -0.4 is 0 Å². The van der Waals surface area contributed by atoms with Gasteiger partial charge in [-0.2, -0.15) is 0 Å². The molecule has 0 fully saturated rings. The molecule has 1 aliphatic heterocycles. The van der Waals surface area contributed by atoms with E-state index in [1.807, 2.05) is 23.6 Å². The lowest BCUT2D eigenvalue weighted by Gasteiger charge is -2.15. The number of amides is 2. The highest BCUT2D eigenvalue weighted by Gasteiger charge is 2.39. The summed E-state index contributed by atoms with van der Waals surface area (Å²) in [6, 6.07) is 13.1. The summed E-state index contributed by atoms with van der Waals surface area (Å²) < 4.78 is 18.5. The van der Waals surface area contributed by atoms with E-state index in [0.717, 1.165) is 10.6 Å². The van der Waals surface area contributed by atoms with Crippen molar-refractivity contribution in [3.63, 3.8) is 0 Å². The van der Waals surface area contributed by atoms with E-state index < -0.39 is 0 Å². The third-order valence-electron chi connectivity index (χ3n) is 4.09. The third kappa shape index (κ3) is 3.61. The Morgan fingerprint density at radius 2 is 1.85 bits per heavy atom. The average molecular weight is 399 g/mol. The summed E-state index contributed by atoms with van der Waals surface area (Å²) in [6.45, 7) is 0.109. The van der Waals surface area contributed by atoms with Crippen LogP contribution in [0.2, 0.25) is 0 Å². The molecule has 3 heterocycles. The summed E-state index contributed by atoms with van der Waals surface area (Å²) in [7, 11) is 0. The molecule has 1 aliphatic rings. The highest BCUT2D eigenvalue weighted by atomic mass is 32.2. The molecule has 136 valence electrons. The van der Waals surface area contributed by atoms with Gasteiger partial charge in [-0.3, -0.25) is 14.5 Å². The Kier molecular flexibility index (Phi) is 4.96. The first-order chi connectivity index (χ1) is 13.1. The van der Waals surface area contributed by atoms with Gasteiger partial charge in [0.25, 0.3) is 11.8 Å². The van der Waals surface area contributed by atoms with Gasteiger partial charge in [0, 0.05) is 4.88 Å². The molecule has 4 nitrogen and oxygen atoms in total. The minimum Gasteiger partial charge on any atom is -0.468 e. The molecule has 0 radical (unpaired) electrons. The Balaban J connectivity index is 1.63. The van der Waals surface area contributed by atoms with Gasteiger partial charge in [0.1, 0.15) is 11.6 Å². The molecule has 0 N–H and O–H groups in total. The van der Waals surface area contributed by atoms with Crippen molar-refractivity contribution in [2.75, 3.05) is 0 Å². The van der Waals surface area contributed by atoms with E-state index in [4.69, 9.17) is 4.42 Å². The van der Waals surface area contributed by atoms with Crippen LogP contribution in [0.25, 0.3) is 5.57 Å². The van der Waals surface area contributed by atoms with E-state index in [1.165, 1.54) is 40.1 Å². The first kappa shape index (κ1) is 17.8. The predicted molar refractivity (Wildman–Crippen MR) is 103 cm³/mol. The van der Waals surface area contributed by atoms with Crippen molar-refractivity contribution in [1.82, 2.24) is 4.90 Å². The van der Waals surface area contributed by atoms with Crippen LogP contribution in [0.5, 0.6) is 0 Å². The molecule has 3 aromatic rings. The number of thioether (sulfide) groups is 1. The number of benzene rings is 1. The molecule has 0 unspecified atom stereocenters. The number of furan rings is 1. The molecule has 7 heteroatoms. The number of imide groups is 1. The second kappa shape index (κ2) is 7.54. The van der Waals surface area contributed by atoms with Gasteiger partial charge < -0.3 is 4.42 Å². The molecule has 2 amide bonds. The maximum absolute atomic E-state index is 13.1. The minimum atomic E-state index is -0.357. The van der Waals surface area contributed by atoms with Crippen molar-refractivity contribution in [2.45, 2.75) is 12.3 Å². The largest absolute Gasteiger partial charge is 0.468 e. The zero-order valence-electron chi connectivity index (χ0n) is 14.1. The lowest BCUT2D eigenvalue weighted by Crippen LogP contribution is -2.30. The van der Waals surface area contributed by atoms with Crippen LogP contribution in [-0.4, -0.2) is 16.7 Å². The van der Waals surface area contributed by atoms with E-state index in [0.29, 0.717) is 21.8 Å². The molecule has 0 atom stereocenters. The van der Waals surface area contributed by atoms with E-state index >= 15 is 0 Å². The van der Waals surface area contributed by atoms with Gasteiger partial charge in [0.15, 0.2) is 0 Å². The van der Waals surface area contributed by atoms with Crippen LogP contribution in [0.15, 0.2) is 69.5 Å². The third-order valence-corrected chi connectivity index (χ3v) is 6.07. The summed E-state index contributed by atoms with van der Waals surface area (Å²) in [5, 5.41) is 1.87. The van der Waals surface area contributed by atoms with Crippen LogP contribution in [0.4, 0.5) is 4.39 Å². The van der Waals surface area contributed by atoms with Crippen molar-refractivity contribution in [3.05, 3.63) is 87.1 Å². The van der Waals surface area contributed by atoms with Gasteiger partial charge in [-0.25, -0.2) is 4.39 Å². The van der Waals surface area contributed by atoms with Crippen molar-refractivity contribution < 1.29 is 18.4 Å². The number of rotatable bonds is 6. The number of hydrogen-bond donors (Lipinski definition) is 0. The van der Waals surface area contributed by atoms with Gasteiger partial charge in [-0.15, -0.1) is 23.1 Å². The minimum absolute atomic E-state index is 0.109. The zero-order chi connectivity index (χ0) is 18.8. The predicted octanol–water partition coefficient (Wildman–Crippen LogP) is 4.69. The van der Waals surface area contributed by atoms with E-state index in [1.54, 1.807) is 24.5 Å². The Labute approximate surface area is 163 Å². The highest BCUT2D eigenvalue weighted by Crippen LogP contribution is 2.39. The molecular formula is C20H14FNO3S2. The lowest BCUT2D eigenvalue weighted by atomic mass is 10.2. The molecule has 0 spiro atoms. The second-order valence-corrected chi connectivity index (χ2v) is 7.81. The van der Waals surface area contributed by atoms with Crippen molar-refractivity contribution >= 4 is 40.5 Å².